The van der Waals surface area contributed by atoms with Gasteiger partial charge in [0, 0.05) is 22.0 Å². The summed E-state index contributed by atoms with van der Waals surface area (Å²) in [6.45, 7) is 4.28. The molecule has 78 valence electrons. The molecule has 1 heterocycles. The van der Waals surface area contributed by atoms with Crippen LogP contribution in [0.15, 0.2) is 29.8 Å². The summed E-state index contributed by atoms with van der Waals surface area (Å²) < 4.78 is 0. The number of thiazole rings is 1. The van der Waals surface area contributed by atoms with Gasteiger partial charge in [-0.1, -0.05) is 28.1 Å². The first-order valence-corrected chi connectivity index (χ1v) is 6.62. The van der Waals surface area contributed by atoms with Crippen LogP contribution in [0.25, 0.3) is 10.6 Å². The second-order valence-electron chi connectivity index (χ2n) is 3.52. The van der Waals surface area contributed by atoms with Crippen LogP contribution in [0.3, 0.4) is 0 Å². The molecule has 0 aliphatic heterocycles. The topological polar surface area (TPSA) is 12.9 Å². The Labute approximate surface area is 102 Å². The Morgan fingerprint density at radius 1 is 1.40 bits per heavy atom. The highest BCUT2D eigenvalue weighted by Gasteiger charge is 2.07. The second kappa shape index (κ2) is 4.45. The summed E-state index contributed by atoms with van der Waals surface area (Å²) in [6, 6.07) is 6.50. The fraction of sp³-hybridized carbons (Fsp3) is 0.250. The van der Waals surface area contributed by atoms with Crippen molar-refractivity contribution in [2.75, 3.05) is 0 Å². The molecule has 0 bridgehead atoms. The first-order chi connectivity index (χ1) is 7.18. The SMILES string of the molecule is Cc1ccc(-c2nccs2)cc1C(C)Br. The summed E-state index contributed by atoms with van der Waals surface area (Å²) in [7, 11) is 0. The third-order valence-corrected chi connectivity index (χ3v) is 3.70. The van der Waals surface area contributed by atoms with Gasteiger partial charge in [-0.25, -0.2) is 4.98 Å². The van der Waals surface area contributed by atoms with E-state index in [0.29, 0.717) is 4.83 Å². The predicted octanol–water partition coefficient (Wildman–Crippen LogP) is 4.57. The zero-order valence-electron chi connectivity index (χ0n) is 8.70. The van der Waals surface area contributed by atoms with Crippen molar-refractivity contribution in [3.63, 3.8) is 0 Å². The number of hydrogen-bond acceptors (Lipinski definition) is 2. The average Bonchev–Trinajstić information content (AvgIpc) is 2.71. The number of halogens is 1. The van der Waals surface area contributed by atoms with Crippen LogP contribution < -0.4 is 0 Å². The van der Waals surface area contributed by atoms with Gasteiger partial charge < -0.3 is 0 Å². The van der Waals surface area contributed by atoms with E-state index in [1.165, 1.54) is 16.7 Å². The van der Waals surface area contributed by atoms with Crippen LogP contribution in [0.5, 0.6) is 0 Å². The fourth-order valence-electron chi connectivity index (χ4n) is 1.57. The van der Waals surface area contributed by atoms with Gasteiger partial charge in [0.1, 0.15) is 5.01 Å². The Balaban J connectivity index is 2.48. The summed E-state index contributed by atoms with van der Waals surface area (Å²) in [4.78, 5) is 4.71. The van der Waals surface area contributed by atoms with Crippen LogP contribution in [-0.4, -0.2) is 4.98 Å². The maximum absolute atomic E-state index is 4.32. The molecule has 0 spiro atoms. The lowest BCUT2D eigenvalue weighted by Crippen LogP contribution is -1.90. The van der Waals surface area contributed by atoms with E-state index in [9.17, 15) is 0 Å². The molecule has 2 rings (SSSR count). The second-order valence-corrected chi connectivity index (χ2v) is 5.79. The first-order valence-electron chi connectivity index (χ1n) is 4.83. The highest BCUT2D eigenvalue weighted by atomic mass is 79.9. The van der Waals surface area contributed by atoms with Crippen molar-refractivity contribution >= 4 is 27.3 Å². The Morgan fingerprint density at radius 2 is 2.20 bits per heavy atom. The number of aryl methyl sites for hydroxylation is 1. The molecule has 0 fully saturated rings. The van der Waals surface area contributed by atoms with Crippen molar-refractivity contribution in [1.82, 2.24) is 4.98 Å². The van der Waals surface area contributed by atoms with Gasteiger partial charge in [-0.15, -0.1) is 11.3 Å². The highest BCUT2D eigenvalue weighted by molar-refractivity contribution is 9.09. The number of aromatic nitrogens is 1. The average molecular weight is 282 g/mol. The van der Waals surface area contributed by atoms with Gasteiger partial charge in [-0.3, -0.25) is 0 Å². The van der Waals surface area contributed by atoms with Crippen molar-refractivity contribution in [2.24, 2.45) is 0 Å². The summed E-state index contributed by atoms with van der Waals surface area (Å²) in [5.74, 6) is 0. The summed E-state index contributed by atoms with van der Waals surface area (Å²) >= 11 is 5.29. The molecule has 0 N–H and O–H groups in total. The van der Waals surface area contributed by atoms with E-state index < -0.39 is 0 Å². The van der Waals surface area contributed by atoms with Crippen molar-refractivity contribution < 1.29 is 0 Å². The largest absolute Gasteiger partial charge is 0.245 e. The van der Waals surface area contributed by atoms with Gasteiger partial charge in [0.15, 0.2) is 0 Å². The molecular formula is C12H12BrNS. The molecule has 1 aromatic carbocycles. The summed E-state index contributed by atoms with van der Waals surface area (Å²) in [5.41, 5.74) is 3.86. The lowest BCUT2D eigenvalue weighted by molar-refractivity contribution is 1.10. The predicted molar refractivity (Wildman–Crippen MR) is 69.6 cm³/mol. The monoisotopic (exact) mass is 281 g/mol. The van der Waals surface area contributed by atoms with Crippen LogP contribution in [-0.2, 0) is 0 Å². The molecule has 0 amide bonds. The molecule has 0 aliphatic carbocycles. The highest BCUT2D eigenvalue weighted by Crippen LogP contribution is 2.30. The van der Waals surface area contributed by atoms with Gasteiger partial charge in [0.2, 0.25) is 0 Å². The quantitative estimate of drug-likeness (QED) is 0.735. The van der Waals surface area contributed by atoms with Gasteiger partial charge in [-0.05, 0) is 31.0 Å². The summed E-state index contributed by atoms with van der Waals surface area (Å²) in [6.07, 6.45) is 1.84. The van der Waals surface area contributed by atoms with Crippen molar-refractivity contribution in [3.05, 3.63) is 40.9 Å². The van der Waals surface area contributed by atoms with E-state index in [-0.39, 0.29) is 0 Å². The third kappa shape index (κ3) is 2.29. The number of hydrogen-bond donors (Lipinski definition) is 0. The van der Waals surface area contributed by atoms with E-state index in [2.05, 4.69) is 53.0 Å². The van der Waals surface area contributed by atoms with Gasteiger partial charge in [0.25, 0.3) is 0 Å². The summed E-state index contributed by atoms with van der Waals surface area (Å²) in [5, 5.41) is 3.09. The van der Waals surface area contributed by atoms with Crippen molar-refractivity contribution in [1.29, 1.82) is 0 Å². The molecule has 15 heavy (non-hydrogen) atoms. The minimum Gasteiger partial charge on any atom is -0.245 e. The molecule has 0 aliphatic rings. The zero-order valence-corrected chi connectivity index (χ0v) is 11.1. The van der Waals surface area contributed by atoms with E-state index >= 15 is 0 Å². The van der Waals surface area contributed by atoms with Crippen LogP contribution in [0.1, 0.15) is 22.9 Å². The Hall–Kier alpha value is -0.670. The van der Waals surface area contributed by atoms with Gasteiger partial charge in [0.05, 0.1) is 0 Å². The Morgan fingerprint density at radius 3 is 2.80 bits per heavy atom. The molecule has 0 saturated carbocycles. The zero-order chi connectivity index (χ0) is 10.8. The van der Waals surface area contributed by atoms with Crippen LogP contribution in [0.2, 0.25) is 0 Å². The molecule has 3 heteroatoms. The normalized spacial score (nSPS) is 12.7. The smallest absolute Gasteiger partial charge is 0.123 e. The van der Waals surface area contributed by atoms with Crippen molar-refractivity contribution in [3.8, 4) is 10.6 Å². The fourth-order valence-corrected chi connectivity index (χ4v) is 2.70. The third-order valence-electron chi connectivity index (χ3n) is 2.39. The maximum atomic E-state index is 4.32. The van der Waals surface area contributed by atoms with Crippen molar-refractivity contribution in [2.45, 2.75) is 18.7 Å². The van der Waals surface area contributed by atoms with Gasteiger partial charge >= 0.3 is 0 Å². The minimum atomic E-state index is 0.386. The Kier molecular flexibility index (Phi) is 3.22. The minimum absolute atomic E-state index is 0.386. The number of alkyl halides is 1. The number of nitrogens with zero attached hydrogens (tertiary/aromatic N) is 1. The van der Waals surface area contributed by atoms with E-state index in [0.717, 1.165) is 5.01 Å². The number of rotatable bonds is 2. The molecule has 1 unspecified atom stereocenters. The standard InChI is InChI=1S/C12H12BrNS/c1-8-3-4-10(7-11(8)9(2)13)12-14-5-6-15-12/h3-7,9H,1-2H3. The maximum Gasteiger partial charge on any atom is 0.123 e. The van der Waals surface area contributed by atoms with E-state index in [1.54, 1.807) is 11.3 Å². The first kappa shape index (κ1) is 10.8. The van der Waals surface area contributed by atoms with E-state index in [1.807, 2.05) is 11.6 Å². The molecular weight excluding hydrogens is 270 g/mol. The lowest BCUT2D eigenvalue weighted by Gasteiger charge is -2.09. The molecule has 0 saturated heterocycles. The molecule has 1 nitrogen and oxygen atoms in total. The Bertz CT molecular complexity index is 449. The molecule has 0 radical (unpaired) electrons. The van der Waals surface area contributed by atoms with Gasteiger partial charge in [-0.2, -0.15) is 0 Å². The van der Waals surface area contributed by atoms with E-state index in [4.69, 9.17) is 0 Å². The molecule has 1 atom stereocenters. The van der Waals surface area contributed by atoms with Crippen LogP contribution in [0.4, 0.5) is 0 Å². The van der Waals surface area contributed by atoms with Crippen LogP contribution in [0, 0.1) is 6.92 Å². The lowest BCUT2D eigenvalue weighted by atomic mass is 10.0. The molecule has 2 aromatic rings. The van der Waals surface area contributed by atoms with Crippen LogP contribution >= 0.6 is 27.3 Å². The molecule has 1 aromatic heterocycles. The number of benzene rings is 1.